The van der Waals surface area contributed by atoms with Gasteiger partial charge in [-0.3, -0.25) is 4.79 Å². The molecule has 1 aliphatic rings. The molecule has 1 fully saturated rings. The summed E-state index contributed by atoms with van der Waals surface area (Å²) < 4.78 is 14.5. The third kappa shape index (κ3) is 2.62. The molecule has 106 valence electrons. The highest BCUT2D eigenvalue weighted by Gasteiger charge is 2.30. The maximum atomic E-state index is 14.4. The molecule has 5 nitrogen and oxygen atoms in total. The molecular formula is C13H14BrFN4O. The highest BCUT2D eigenvalue weighted by molar-refractivity contribution is 9.10. The lowest BCUT2D eigenvalue weighted by molar-refractivity contribution is -0.122. The fourth-order valence-corrected chi connectivity index (χ4v) is 2.66. The van der Waals surface area contributed by atoms with Crippen molar-refractivity contribution in [1.82, 2.24) is 10.6 Å². The van der Waals surface area contributed by atoms with Gasteiger partial charge in [-0.1, -0.05) is 0 Å². The van der Waals surface area contributed by atoms with Crippen LogP contribution in [0.15, 0.2) is 16.6 Å². The lowest BCUT2D eigenvalue weighted by Gasteiger charge is -2.37. The van der Waals surface area contributed by atoms with Gasteiger partial charge in [-0.15, -0.1) is 0 Å². The Morgan fingerprint density at radius 3 is 3.05 bits per heavy atom. The van der Waals surface area contributed by atoms with E-state index in [1.807, 2.05) is 6.07 Å². The lowest BCUT2D eigenvalue weighted by Crippen LogP contribution is -2.57. The molecule has 1 atom stereocenters. The molecule has 1 unspecified atom stereocenters. The van der Waals surface area contributed by atoms with E-state index in [-0.39, 0.29) is 15.9 Å². The van der Waals surface area contributed by atoms with E-state index in [1.165, 1.54) is 0 Å². The van der Waals surface area contributed by atoms with Crippen LogP contribution in [0, 0.1) is 17.1 Å². The second kappa shape index (κ2) is 6.20. The van der Waals surface area contributed by atoms with Crippen molar-refractivity contribution < 1.29 is 9.18 Å². The number of carbonyl (C=O) groups excluding carboxylic acids is 1. The van der Waals surface area contributed by atoms with Crippen LogP contribution < -0.4 is 15.5 Å². The van der Waals surface area contributed by atoms with E-state index in [2.05, 4.69) is 26.6 Å². The molecule has 1 heterocycles. The molecule has 1 aliphatic heterocycles. The second-order valence-electron chi connectivity index (χ2n) is 4.40. The summed E-state index contributed by atoms with van der Waals surface area (Å²) in [4.78, 5) is 13.6. The Hall–Kier alpha value is -1.65. The molecule has 0 spiro atoms. The number of nitriles is 1. The van der Waals surface area contributed by atoms with Gasteiger partial charge < -0.3 is 15.5 Å². The number of benzene rings is 1. The summed E-state index contributed by atoms with van der Waals surface area (Å²) in [5.41, 5.74) is 0.559. The van der Waals surface area contributed by atoms with E-state index < -0.39 is 11.9 Å². The summed E-state index contributed by atoms with van der Waals surface area (Å²) in [5, 5.41) is 14.6. The van der Waals surface area contributed by atoms with Crippen molar-refractivity contribution in [2.24, 2.45) is 0 Å². The van der Waals surface area contributed by atoms with Gasteiger partial charge in [0.2, 0.25) is 5.91 Å². The topological polar surface area (TPSA) is 68.2 Å². The third-order valence-corrected chi connectivity index (χ3v) is 4.06. The van der Waals surface area contributed by atoms with Gasteiger partial charge in [-0.05, 0) is 28.1 Å². The number of nitrogens with one attached hydrogen (secondary N) is 2. The van der Waals surface area contributed by atoms with Gasteiger partial charge in [0.1, 0.15) is 12.1 Å². The fourth-order valence-electron chi connectivity index (χ4n) is 2.24. The molecule has 2 rings (SSSR count). The molecule has 0 saturated carbocycles. The minimum atomic E-state index is -0.514. The zero-order valence-electron chi connectivity index (χ0n) is 10.9. The van der Waals surface area contributed by atoms with Crippen LogP contribution in [0.2, 0.25) is 0 Å². The Balaban J connectivity index is 2.41. The number of halogens is 2. The van der Waals surface area contributed by atoms with Crippen LogP contribution in [-0.4, -0.2) is 38.6 Å². The van der Waals surface area contributed by atoms with E-state index in [1.54, 1.807) is 24.1 Å². The quantitative estimate of drug-likeness (QED) is 0.842. The van der Waals surface area contributed by atoms with Gasteiger partial charge in [0, 0.05) is 26.7 Å². The molecule has 1 amide bonds. The minimum absolute atomic E-state index is 0.131. The SMILES string of the molecule is CNC(=O)C1CNCCN1c1ccc(C#N)c(Br)c1F. The van der Waals surface area contributed by atoms with Gasteiger partial charge in [-0.25, -0.2) is 4.39 Å². The van der Waals surface area contributed by atoms with E-state index in [4.69, 9.17) is 5.26 Å². The number of rotatable bonds is 2. The van der Waals surface area contributed by atoms with Crippen molar-refractivity contribution >= 4 is 27.5 Å². The molecule has 0 aromatic heterocycles. The summed E-state index contributed by atoms with van der Waals surface area (Å²) in [6.07, 6.45) is 0. The zero-order chi connectivity index (χ0) is 14.7. The lowest BCUT2D eigenvalue weighted by atomic mass is 10.1. The Labute approximate surface area is 124 Å². The van der Waals surface area contributed by atoms with Crippen molar-refractivity contribution in [1.29, 1.82) is 5.26 Å². The van der Waals surface area contributed by atoms with E-state index >= 15 is 0 Å². The van der Waals surface area contributed by atoms with E-state index in [9.17, 15) is 9.18 Å². The van der Waals surface area contributed by atoms with E-state index in [0.717, 1.165) is 0 Å². The van der Waals surface area contributed by atoms with Crippen LogP contribution in [0.25, 0.3) is 0 Å². The minimum Gasteiger partial charge on any atom is -0.357 e. The summed E-state index contributed by atoms with van der Waals surface area (Å²) in [6, 6.07) is 4.53. The molecule has 0 aliphatic carbocycles. The van der Waals surface area contributed by atoms with Gasteiger partial charge in [0.25, 0.3) is 0 Å². The fraction of sp³-hybridized carbons (Fsp3) is 0.385. The van der Waals surface area contributed by atoms with Crippen molar-refractivity contribution in [2.45, 2.75) is 6.04 Å². The van der Waals surface area contributed by atoms with Gasteiger partial charge in [-0.2, -0.15) is 5.26 Å². The Morgan fingerprint density at radius 2 is 2.40 bits per heavy atom. The molecule has 20 heavy (non-hydrogen) atoms. The molecular weight excluding hydrogens is 327 g/mol. The van der Waals surface area contributed by atoms with Crippen LogP contribution in [0.3, 0.4) is 0 Å². The number of anilines is 1. The van der Waals surface area contributed by atoms with Crippen molar-refractivity contribution in [3.8, 4) is 6.07 Å². The Bertz CT molecular complexity index is 572. The first-order valence-electron chi connectivity index (χ1n) is 6.17. The van der Waals surface area contributed by atoms with Crippen molar-refractivity contribution in [3.05, 3.63) is 28.0 Å². The molecule has 0 radical (unpaired) electrons. The summed E-state index contributed by atoms with van der Waals surface area (Å²) in [6.45, 7) is 1.65. The molecule has 1 saturated heterocycles. The molecule has 7 heteroatoms. The highest BCUT2D eigenvalue weighted by atomic mass is 79.9. The monoisotopic (exact) mass is 340 g/mol. The van der Waals surface area contributed by atoms with Crippen molar-refractivity contribution in [2.75, 3.05) is 31.6 Å². The molecule has 2 N–H and O–H groups in total. The number of hydrogen-bond donors (Lipinski definition) is 2. The first-order chi connectivity index (χ1) is 9.60. The van der Waals surface area contributed by atoms with Crippen molar-refractivity contribution in [3.63, 3.8) is 0 Å². The van der Waals surface area contributed by atoms with Gasteiger partial charge >= 0.3 is 0 Å². The van der Waals surface area contributed by atoms with Crippen LogP contribution in [0.1, 0.15) is 5.56 Å². The third-order valence-electron chi connectivity index (χ3n) is 3.28. The predicted molar refractivity (Wildman–Crippen MR) is 76.9 cm³/mol. The Morgan fingerprint density at radius 1 is 1.65 bits per heavy atom. The molecule has 1 aromatic rings. The number of piperazine rings is 1. The van der Waals surface area contributed by atoms with E-state index in [0.29, 0.717) is 25.3 Å². The van der Waals surface area contributed by atoms with Gasteiger partial charge in [0.05, 0.1) is 15.7 Å². The highest BCUT2D eigenvalue weighted by Crippen LogP contribution is 2.30. The summed E-state index contributed by atoms with van der Waals surface area (Å²) >= 11 is 3.09. The standard InChI is InChI=1S/C13H14BrFN4O/c1-17-13(20)10-7-18-4-5-19(10)9-3-2-8(6-16)11(14)12(9)15/h2-3,10,18H,4-5,7H2,1H3,(H,17,20). The number of nitrogens with zero attached hydrogens (tertiary/aromatic N) is 2. The van der Waals surface area contributed by atoms with Crippen LogP contribution >= 0.6 is 15.9 Å². The molecule has 0 bridgehead atoms. The average molecular weight is 341 g/mol. The first-order valence-corrected chi connectivity index (χ1v) is 6.96. The number of hydrogen-bond acceptors (Lipinski definition) is 4. The maximum absolute atomic E-state index is 14.4. The predicted octanol–water partition coefficient (Wildman–Crippen LogP) is 0.984. The van der Waals surface area contributed by atoms with Crippen LogP contribution in [-0.2, 0) is 4.79 Å². The van der Waals surface area contributed by atoms with Crippen LogP contribution in [0.4, 0.5) is 10.1 Å². The largest absolute Gasteiger partial charge is 0.357 e. The molecule has 1 aromatic carbocycles. The first kappa shape index (κ1) is 14.8. The number of amides is 1. The number of likely N-dealkylation sites (N-methyl/N-ethyl adjacent to an activating group) is 1. The summed E-state index contributed by atoms with van der Waals surface area (Å²) in [7, 11) is 1.56. The average Bonchev–Trinajstić information content (AvgIpc) is 2.49. The second-order valence-corrected chi connectivity index (χ2v) is 5.19. The van der Waals surface area contributed by atoms with Gasteiger partial charge in [0.15, 0.2) is 5.82 Å². The smallest absolute Gasteiger partial charge is 0.243 e. The normalized spacial score (nSPS) is 18.5. The summed E-state index contributed by atoms with van der Waals surface area (Å²) in [5.74, 6) is -0.683. The van der Waals surface area contributed by atoms with Crippen LogP contribution in [0.5, 0.6) is 0 Å². The Kier molecular flexibility index (Phi) is 4.57. The maximum Gasteiger partial charge on any atom is 0.243 e. The zero-order valence-corrected chi connectivity index (χ0v) is 12.5. The number of carbonyl (C=O) groups is 1.